The number of aromatic nitrogens is 1. The van der Waals surface area contributed by atoms with Crippen LogP contribution in [0.1, 0.15) is 40.4 Å². The number of anilines is 1. The molecule has 0 unspecified atom stereocenters. The van der Waals surface area contributed by atoms with Gasteiger partial charge >= 0.3 is 12.6 Å². The lowest BCUT2D eigenvalue weighted by molar-refractivity contribution is -0.0515. The Labute approximate surface area is 287 Å². The zero-order valence-electron chi connectivity index (χ0n) is 26.0. The van der Waals surface area contributed by atoms with Crippen molar-refractivity contribution in [1.29, 1.82) is 0 Å². The number of nitrogens with zero attached hydrogens (tertiary/aromatic N) is 3. The van der Waals surface area contributed by atoms with Gasteiger partial charge in [-0.05, 0) is 60.2 Å². The van der Waals surface area contributed by atoms with Crippen molar-refractivity contribution < 1.29 is 46.0 Å². The second-order valence-electron chi connectivity index (χ2n) is 11.5. The van der Waals surface area contributed by atoms with Crippen LogP contribution in [-0.4, -0.2) is 88.2 Å². The van der Waals surface area contributed by atoms with E-state index < -0.39 is 28.7 Å². The van der Waals surface area contributed by atoms with Crippen LogP contribution in [0, 0.1) is 5.92 Å². The predicted octanol–water partition coefficient (Wildman–Crippen LogP) is 5.72. The number of benzene rings is 2. The van der Waals surface area contributed by atoms with Gasteiger partial charge in [-0.15, -0.1) is 0 Å². The van der Waals surface area contributed by atoms with Crippen molar-refractivity contribution in [3.8, 4) is 17.2 Å². The molecule has 1 N–H and O–H groups in total. The summed E-state index contributed by atoms with van der Waals surface area (Å²) in [5.41, 5.74) is 0.628. The first-order valence-electron chi connectivity index (χ1n) is 15.2. The zero-order chi connectivity index (χ0) is 34.4. The summed E-state index contributed by atoms with van der Waals surface area (Å²) in [5.74, 6) is -1.04. The van der Waals surface area contributed by atoms with Crippen molar-refractivity contribution in [2.45, 2.75) is 32.0 Å². The van der Waals surface area contributed by atoms with Gasteiger partial charge in [0.15, 0.2) is 11.5 Å². The number of pyridine rings is 1. The van der Waals surface area contributed by atoms with Crippen LogP contribution in [0.25, 0.3) is 0 Å². The topological polar surface area (TPSA) is 128 Å². The Morgan fingerprint density at radius 3 is 2.46 bits per heavy atom. The summed E-state index contributed by atoms with van der Waals surface area (Å²) in [6.45, 7) is -0.0894. The third-order valence-corrected chi connectivity index (χ3v) is 9.75. The highest BCUT2D eigenvalue weighted by Gasteiger charge is 2.28. The van der Waals surface area contributed by atoms with Gasteiger partial charge in [0.1, 0.15) is 11.9 Å². The second kappa shape index (κ2) is 15.9. The summed E-state index contributed by atoms with van der Waals surface area (Å²) in [4.78, 5) is 19.7. The molecule has 5 rings (SSSR count). The minimum atomic E-state index is -3.88. The molecule has 1 saturated heterocycles. The van der Waals surface area contributed by atoms with Crippen LogP contribution in [0.3, 0.4) is 0 Å². The van der Waals surface area contributed by atoms with Crippen LogP contribution in [0.15, 0.2) is 48.8 Å². The average Bonchev–Trinajstić information content (AvgIpc) is 3.87. The molecule has 0 amide bonds. The molecule has 2 heterocycles. The third kappa shape index (κ3) is 9.59. The molecule has 1 aliphatic heterocycles. The van der Waals surface area contributed by atoms with Gasteiger partial charge in [0, 0.05) is 45.0 Å². The fourth-order valence-electron chi connectivity index (χ4n) is 5.14. The van der Waals surface area contributed by atoms with Crippen molar-refractivity contribution in [3.05, 3.63) is 75.5 Å². The minimum Gasteiger partial charge on any atom is -0.506 e. The highest BCUT2D eigenvalue weighted by atomic mass is 35.5. The number of sulfonamides is 1. The normalized spacial score (nSPS) is 16.0. The molecule has 1 atom stereocenters. The highest BCUT2D eigenvalue weighted by molar-refractivity contribution is 7.92. The Morgan fingerprint density at radius 2 is 1.81 bits per heavy atom. The summed E-state index contributed by atoms with van der Waals surface area (Å²) in [5, 5.41) is 11.1. The molecule has 2 aromatic carbocycles. The highest BCUT2D eigenvalue weighted by Crippen LogP contribution is 2.38. The first-order valence-corrected chi connectivity index (χ1v) is 17.8. The van der Waals surface area contributed by atoms with E-state index >= 15 is 0 Å². The van der Waals surface area contributed by atoms with E-state index in [0.29, 0.717) is 56.5 Å². The molecule has 1 aliphatic carbocycles. The van der Waals surface area contributed by atoms with E-state index in [9.17, 15) is 27.1 Å². The molecule has 0 radical (unpaired) electrons. The molecule has 48 heavy (non-hydrogen) atoms. The van der Waals surface area contributed by atoms with Crippen molar-refractivity contribution in [3.63, 3.8) is 0 Å². The van der Waals surface area contributed by atoms with E-state index in [1.165, 1.54) is 48.8 Å². The number of rotatable bonds is 15. The number of ether oxygens (including phenoxy) is 4. The van der Waals surface area contributed by atoms with E-state index in [4.69, 9.17) is 37.4 Å². The van der Waals surface area contributed by atoms with E-state index in [2.05, 4.69) is 9.72 Å². The average molecular weight is 731 g/mol. The Morgan fingerprint density at radius 1 is 1.10 bits per heavy atom. The smallest absolute Gasteiger partial charge is 0.387 e. The molecule has 2 aliphatic rings. The van der Waals surface area contributed by atoms with Gasteiger partial charge in [0.05, 0.1) is 47.4 Å². The lowest BCUT2D eigenvalue weighted by Crippen LogP contribution is -2.43. The SMILES string of the molecule is CS(=O)(=O)N(CCN1CCOCC1)c1cc(C(=O)O[C@@H](Cc2c(Cl)cncc2Cl)c2ccc(OC(F)F)c(OCC3CC3)c2)ccc1O. The van der Waals surface area contributed by atoms with Gasteiger partial charge in [-0.2, -0.15) is 8.78 Å². The molecular weight excluding hydrogens is 695 g/mol. The maximum atomic E-state index is 13.7. The lowest BCUT2D eigenvalue weighted by Gasteiger charge is -2.30. The fraction of sp³-hybridized carbons (Fsp3) is 0.438. The number of hydrogen-bond acceptors (Lipinski definition) is 10. The molecule has 1 saturated carbocycles. The molecule has 0 bridgehead atoms. The van der Waals surface area contributed by atoms with Crippen LogP contribution in [-0.2, 0) is 25.9 Å². The first-order chi connectivity index (χ1) is 22.9. The summed E-state index contributed by atoms with van der Waals surface area (Å²) < 4.78 is 75.0. The molecule has 11 nitrogen and oxygen atoms in total. The molecule has 2 fully saturated rings. The molecule has 16 heteroatoms. The predicted molar refractivity (Wildman–Crippen MR) is 175 cm³/mol. The molecule has 3 aromatic rings. The Bertz CT molecular complexity index is 1690. The number of halogens is 4. The quantitative estimate of drug-likeness (QED) is 0.194. The number of aromatic hydroxyl groups is 1. The fourth-order valence-corrected chi connectivity index (χ4v) is 6.57. The largest absolute Gasteiger partial charge is 0.506 e. The maximum Gasteiger partial charge on any atom is 0.387 e. The van der Waals surface area contributed by atoms with Gasteiger partial charge < -0.3 is 24.1 Å². The number of carbonyl (C=O) groups excluding carboxylic acids is 1. The summed E-state index contributed by atoms with van der Waals surface area (Å²) in [6.07, 6.45) is 4.58. The van der Waals surface area contributed by atoms with E-state index in [1.54, 1.807) is 0 Å². The van der Waals surface area contributed by atoms with Crippen molar-refractivity contribution in [1.82, 2.24) is 9.88 Å². The van der Waals surface area contributed by atoms with Crippen molar-refractivity contribution in [2.75, 3.05) is 56.6 Å². The van der Waals surface area contributed by atoms with Crippen LogP contribution < -0.4 is 13.8 Å². The zero-order valence-corrected chi connectivity index (χ0v) is 28.3. The number of phenolic OH excluding ortho intramolecular Hbond substituents is 1. The Kier molecular flexibility index (Phi) is 11.8. The Hall–Kier alpha value is -3.43. The van der Waals surface area contributed by atoms with Crippen LogP contribution in [0.4, 0.5) is 14.5 Å². The molecule has 1 aromatic heterocycles. The molecule has 260 valence electrons. The van der Waals surface area contributed by atoms with Gasteiger partial charge in [0.2, 0.25) is 10.0 Å². The standard InChI is InChI=1S/C32H35Cl2F2N3O8S/c1-48(42,43)39(9-8-38-10-12-44-13-11-38)26-14-22(4-6-27(26)40)31(41)46-29(16-23-24(33)17-37-18-25(23)34)21-5-7-28(47-32(35)36)30(15-21)45-19-20-2-3-20/h4-7,14-15,17-18,20,29,32,40H,2-3,8-13,16,19H2,1H3/t29-/m0/s1. The van der Waals surface area contributed by atoms with Crippen LogP contribution >= 0.6 is 23.2 Å². The molecule has 0 spiro atoms. The van der Waals surface area contributed by atoms with Crippen LogP contribution in [0.5, 0.6) is 17.2 Å². The van der Waals surface area contributed by atoms with Crippen molar-refractivity contribution in [2.24, 2.45) is 5.92 Å². The Balaban J connectivity index is 1.45. The molecular formula is C32H35Cl2F2N3O8S. The number of morpholine rings is 1. The number of esters is 1. The monoisotopic (exact) mass is 729 g/mol. The number of alkyl halides is 2. The van der Waals surface area contributed by atoms with Gasteiger partial charge in [-0.3, -0.25) is 14.2 Å². The van der Waals surface area contributed by atoms with Gasteiger partial charge in [-0.1, -0.05) is 29.3 Å². The number of hydrogen-bond donors (Lipinski definition) is 1. The summed E-state index contributed by atoms with van der Waals surface area (Å²) >= 11 is 12.8. The van der Waals surface area contributed by atoms with E-state index in [-0.39, 0.29) is 51.5 Å². The number of phenols is 1. The van der Waals surface area contributed by atoms with E-state index in [1.807, 2.05) is 4.90 Å². The van der Waals surface area contributed by atoms with E-state index in [0.717, 1.165) is 23.4 Å². The minimum absolute atomic E-state index is 0.0171. The van der Waals surface area contributed by atoms with Gasteiger partial charge in [-0.25, -0.2) is 13.2 Å². The second-order valence-corrected chi connectivity index (χ2v) is 14.2. The summed E-state index contributed by atoms with van der Waals surface area (Å²) in [6, 6.07) is 7.98. The van der Waals surface area contributed by atoms with Gasteiger partial charge in [0.25, 0.3) is 0 Å². The third-order valence-electron chi connectivity index (χ3n) is 7.92. The lowest BCUT2D eigenvalue weighted by atomic mass is 10.0. The maximum absolute atomic E-state index is 13.7. The number of carbonyl (C=O) groups is 1. The van der Waals surface area contributed by atoms with Crippen LogP contribution in [0.2, 0.25) is 10.0 Å². The first kappa shape index (κ1) is 35.9. The summed E-state index contributed by atoms with van der Waals surface area (Å²) in [7, 11) is -3.88. The van der Waals surface area contributed by atoms with Crippen molar-refractivity contribution >= 4 is 44.9 Å².